The van der Waals surface area contributed by atoms with Gasteiger partial charge in [0.05, 0.1) is 16.6 Å². The highest BCUT2D eigenvalue weighted by molar-refractivity contribution is 7.22. The molecule has 0 radical (unpaired) electrons. The maximum Gasteiger partial charge on any atom is 0.204 e. The largest absolute Gasteiger partial charge is 0.294 e. The third-order valence-corrected chi connectivity index (χ3v) is 4.09. The van der Waals surface area contributed by atoms with Crippen molar-refractivity contribution in [3.8, 4) is 0 Å². The lowest BCUT2D eigenvalue weighted by Crippen LogP contribution is -2.07. The predicted molar refractivity (Wildman–Crippen MR) is 91.7 cm³/mol. The smallest absolute Gasteiger partial charge is 0.204 e. The molecule has 0 saturated carbocycles. The van der Waals surface area contributed by atoms with Crippen molar-refractivity contribution < 1.29 is 4.79 Å². The second kappa shape index (κ2) is 6.49. The molecular weight excluding hydrogens is 294 g/mol. The van der Waals surface area contributed by atoms with Crippen LogP contribution in [0.2, 0.25) is 0 Å². The summed E-state index contributed by atoms with van der Waals surface area (Å²) in [5, 5.41) is 4.98. The van der Waals surface area contributed by atoms with Gasteiger partial charge in [0.25, 0.3) is 0 Å². The van der Waals surface area contributed by atoms with Crippen molar-refractivity contribution in [3.05, 3.63) is 60.2 Å². The molecule has 0 atom stereocenters. The minimum Gasteiger partial charge on any atom is -0.294 e. The Kier molecular flexibility index (Phi) is 4.25. The summed E-state index contributed by atoms with van der Waals surface area (Å²) in [6.07, 6.45) is 0.294. The first-order valence-electron chi connectivity index (χ1n) is 6.95. The fourth-order valence-corrected chi connectivity index (χ4v) is 2.87. The molecular formula is C17H15N3OS. The van der Waals surface area contributed by atoms with Crippen molar-refractivity contribution in [1.82, 2.24) is 4.98 Å². The van der Waals surface area contributed by atoms with Crippen LogP contribution < -0.4 is 5.43 Å². The molecule has 22 heavy (non-hydrogen) atoms. The average molecular weight is 309 g/mol. The monoisotopic (exact) mass is 309 g/mol. The lowest BCUT2D eigenvalue weighted by molar-refractivity contribution is 0.100. The molecule has 0 saturated heterocycles. The third-order valence-electron chi connectivity index (χ3n) is 3.15. The minimum atomic E-state index is 0.0629. The van der Waals surface area contributed by atoms with Crippen molar-refractivity contribution in [1.29, 1.82) is 0 Å². The van der Waals surface area contributed by atoms with E-state index in [2.05, 4.69) is 15.5 Å². The SMILES string of the molecule is CC(CC(=O)c1ccccc1)=NNc1nc2ccccc2s1. The second-order valence-electron chi connectivity index (χ2n) is 4.91. The number of nitrogens with one attached hydrogen (secondary N) is 1. The van der Waals surface area contributed by atoms with Gasteiger partial charge >= 0.3 is 0 Å². The number of carbonyl (C=O) groups is 1. The topological polar surface area (TPSA) is 54.4 Å². The molecule has 2 aromatic carbocycles. The number of aromatic nitrogens is 1. The van der Waals surface area contributed by atoms with Gasteiger partial charge in [-0.3, -0.25) is 10.2 Å². The number of fused-ring (bicyclic) bond motifs is 1. The van der Waals surface area contributed by atoms with Crippen LogP contribution in [0.25, 0.3) is 10.2 Å². The number of rotatable bonds is 5. The molecule has 4 nitrogen and oxygen atoms in total. The van der Waals surface area contributed by atoms with Crippen LogP contribution in [-0.2, 0) is 0 Å². The summed E-state index contributed by atoms with van der Waals surface area (Å²) in [4.78, 5) is 16.5. The van der Waals surface area contributed by atoms with Crippen molar-refractivity contribution >= 4 is 38.2 Å². The van der Waals surface area contributed by atoms with Crippen LogP contribution in [0.5, 0.6) is 0 Å². The summed E-state index contributed by atoms with van der Waals surface area (Å²) >= 11 is 1.54. The lowest BCUT2D eigenvalue weighted by atomic mass is 10.1. The Labute approximate surface area is 132 Å². The zero-order chi connectivity index (χ0) is 15.4. The van der Waals surface area contributed by atoms with Crippen LogP contribution in [0.15, 0.2) is 59.7 Å². The van der Waals surface area contributed by atoms with Gasteiger partial charge in [0.1, 0.15) is 0 Å². The number of hydrogen-bond donors (Lipinski definition) is 1. The third kappa shape index (κ3) is 3.38. The molecule has 1 aromatic heterocycles. The zero-order valence-electron chi connectivity index (χ0n) is 12.1. The van der Waals surface area contributed by atoms with Gasteiger partial charge in [-0.25, -0.2) is 4.98 Å². The fraction of sp³-hybridized carbons (Fsp3) is 0.118. The highest BCUT2D eigenvalue weighted by Crippen LogP contribution is 2.25. The average Bonchev–Trinajstić information content (AvgIpc) is 2.96. The molecule has 0 aliphatic rings. The summed E-state index contributed by atoms with van der Waals surface area (Å²) in [6, 6.07) is 17.2. The van der Waals surface area contributed by atoms with Gasteiger partial charge < -0.3 is 0 Å². The Bertz CT molecular complexity index is 791. The predicted octanol–water partition coefficient (Wildman–Crippen LogP) is 4.36. The number of ketones is 1. The molecule has 5 heteroatoms. The van der Waals surface area contributed by atoms with Crippen LogP contribution in [-0.4, -0.2) is 16.5 Å². The lowest BCUT2D eigenvalue weighted by Gasteiger charge is -2.01. The summed E-state index contributed by atoms with van der Waals surface area (Å²) in [5.74, 6) is 0.0629. The molecule has 0 spiro atoms. The first-order valence-corrected chi connectivity index (χ1v) is 7.77. The Morgan fingerprint density at radius 3 is 2.64 bits per heavy atom. The van der Waals surface area contributed by atoms with Crippen LogP contribution in [0.4, 0.5) is 5.13 Å². The molecule has 1 N–H and O–H groups in total. The number of para-hydroxylation sites is 1. The van der Waals surface area contributed by atoms with Gasteiger partial charge in [-0.05, 0) is 19.1 Å². The minimum absolute atomic E-state index is 0.0629. The van der Waals surface area contributed by atoms with Crippen LogP contribution in [0.1, 0.15) is 23.7 Å². The van der Waals surface area contributed by atoms with Gasteiger partial charge in [0.2, 0.25) is 5.13 Å². The molecule has 0 aliphatic carbocycles. The van der Waals surface area contributed by atoms with Crippen LogP contribution >= 0.6 is 11.3 Å². The number of carbonyl (C=O) groups excluding carboxylic acids is 1. The normalized spacial score (nSPS) is 11.6. The van der Waals surface area contributed by atoms with Gasteiger partial charge in [-0.15, -0.1) is 0 Å². The summed E-state index contributed by atoms with van der Waals surface area (Å²) in [5.41, 5.74) is 5.32. The van der Waals surface area contributed by atoms with Gasteiger partial charge in [-0.2, -0.15) is 5.10 Å². The number of benzene rings is 2. The van der Waals surface area contributed by atoms with E-state index in [1.165, 1.54) is 0 Å². The number of hydrogen-bond acceptors (Lipinski definition) is 5. The molecule has 1 heterocycles. The van der Waals surface area contributed by atoms with E-state index in [0.29, 0.717) is 12.0 Å². The molecule has 0 fully saturated rings. The van der Waals surface area contributed by atoms with Gasteiger partial charge in [0.15, 0.2) is 5.78 Å². The molecule has 0 amide bonds. The van der Waals surface area contributed by atoms with E-state index < -0.39 is 0 Å². The number of anilines is 1. The summed E-state index contributed by atoms with van der Waals surface area (Å²) in [7, 11) is 0. The molecule has 0 bridgehead atoms. The quantitative estimate of drug-likeness (QED) is 0.433. The van der Waals surface area contributed by atoms with Crippen molar-refractivity contribution in [3.63, 3.8) is 0 Å². The van der Waals surface area contributed by atoms with E-state index in [0.717, 1.165) is 21.1 Å². The molecule has 0 unspecified atom stereocenters. The molecule has 3 aromatic rings. The standard InChI is InChI=1S/C17H15N3OS/c1-12(11-15(21)13-7-3-2-4-8-13)19-20-17-18-14-9-5-6-10-16(14)22-17/h2-10H,11H2,1H3,(H,18,20). The van der Waals surface area contributed by atoms with Gasteiger partial charge in [0, 0.05) is 11.3 Å². The number of nitrogens with zero attached hydrogens (tertiary/aromatic N) is 2. The molecule has 3 rings (SSSR count). The van der Waals surface area contributed by atoms with Crippen molar-refractivity contribution in [2.24, 2.45) is 5.10 Å². The maximum atomic E-state index is 12.1. The highest BCUT2D eigenvalue weighted by atomic mass is 32.1. The fourth-order valence-electron chi connectivity index (χ4n) is 2.06. The molecule has 0 aliphatic heterocycles. The Morgan fingerprint density at radius 2 is 1.86 bits per heavy atom. The van der Waals surface area contributed by atoms with Crippen molar-refractivity contribution in [2.45, 2.75) is 13.3 Å². The van der Waals surface area contributed by atoms with E-state index in [4.69, 9.17) is 0 Å². The van der Waals surface area contributed by atoms with Crippen molar-refractivity contribution in [2.75, 3.05) is 5.43 Å². The van der Waals surface area contributed by atoms with Crippen LogP contribution in [0, 0.1) is 0 Å². The van der Waals surface area contributed by atoms with Gasteiger partial charge in [-0.1, -0.05) is 53.8 Å². The second-order valence-corrected chi connectivity index (χ2v) is 5.94. The van der Waals surface area contributed by atoms with E-state index in [9.17, 15) is 4.79 Å². The van der Waals surface area contributed by atoms with E-state index in [1.807, 2.05) is 61.5 Å². The number of Topliss-reactive ketones (excluding diaryl/α,β-unsaturated/α-hetero) is 1. The first kappa shape index (κ1) is 14.4. The zero-order valence-corrected chi connectivity index (χ0v) is 12.9. The van der Waals surface area contributed by atoms with E-state index in [-0.39, 0.29) is 5.78 Å². The maximum absolute atomic E-state index is 12.1. The summed E-state index contributed by atoms with van der Waals surface area (Å²) < 4.78 is 1.11. The van der Waals surface area contributed by atoms with E-state index in [1.54, 1.807) is 11.3 Å². The molecule has 110 valence electrons. The highest BCUT2D eigenvalue weighted by Gasteiger charge is 2.07. The Balaban J connectivity index is 1.66. The summed E-state index contributed by atoms with van der Waals surface area (Å²) in [6.45, 7) is 1.83. The number of hydrazone groups is 1. The number of thiazole rings is 1. The first-order chi connectivity index (χ1) is 10.7. The Hall–Kier alpha value is -2.53. The van der Waals surface area contributed by atoms with Crippen LogP contribution in [0.3, 0.4) is 0 Å². The van der Waals surface area contributed by atoms with E-state index >= 15 is 0 Å². The Morgan fingerprint density at radius 1 is 1.14 bits per heavy atom.